The molecule has 0 unspecified atom stereocenters. The van der Waals surface area contributed by atoms with Gasteiger partial charge in [0.2, 0.25) is 12.1 Å². The third kappa shape index (κ3) is 6.94. The quantitative estimate of drug-likeness (QED) is 0.314. The van der Waals surface area contributed by atoms with Crippen LogP contribution in [0.1, 0.15) is 32.0 Å². The van der Waals surface area contributed by atoms with E-state index in [1.807, 2.05) is 35.7 Å². The largest absolute Gasteiger partial charge is 0.372 e. The third-order valence-corrected chi connectivity index (χ3v) is 6.10. The van der Waals surface area contributed by atoms with Crippen molar-refractivity contribution in [3.8, 4) is 17.2 Å². The summed E-state index contributed by atoms with van der Waals surface area (Å²) in [5.74, 6) is 0.105. The van der Waals surface area contributed by atoms with E-state index in [0.29, 0.717) is 12.3 Å². The first-order chi connectivity index (χ1) is 14.9. The summed E-state index contributed by atoms with van der Waals surface area (Å²) in [4.78, 5) is 12.6. The number of halogens is 1. The maximum absolute atomic E-state index is 12.6. The van der Waals surface area contributed by atoms with Gasteiger partial charge >= 0.3 is 0 Å². The van der Waals surface area contributed by atoms with Crippen LogP contribution in [0.5, 0.6) is 0 Å². The number of hydrogen-bond acceptors (Lipinski definition) is 8. The topological polar surface area (TPSA) is 114 Å². The fourth-order valence-electron chi connectivity index (χ4n) is 3.05. The van der Waals surface area contributed by atoms with Crippen LogP contribution in [-0.2, 0) is 4.79 Å². The van der Waals surface area contributed by atoms with Crippen molar-refractivity contribution < 1.29 is 4.79 Å². The molecule has 0 saturated heterocycles. The standard InChI is InChI=1S/C21H26BrN7OS/c1-13(2)10-17(21(30)26-9-8-23)27-18-16(12-31-19(18)22)14-6-5-7-15(11-14)20(28-24-3)29-25-4/h5-7,11-13,17,20,27H,9-10H2,1-4H3,(H,26,30)/t17-,20?/m0/s1. The summed E-state index contributed by atoms with van der Waals surface area (Å²) in [7, 11) is 3.21. The highest BCUT2D eigenvalue weighted by molar-refractivity contribution is 9.11. The Labute approximate surface area is 195 Å². The van der Waals surface area contributed by atoms with Crippen LogP contribution >= 0.6 is 27.3 Å². The molecule has 8 nitrogen and oxygen atoms in total. The second-order valence-corrected chi connectivity index (χ2v) is 9.33. The van der Waals surface area contributed by atoms with Gasteiger partial charge in [0.25, 0.3) is 0 Å². The number of thiophene rings is 1. The molecule has 10 heteroatoms. The summed E-state index contributed by atoms with van der Waals surface area (Å²) in [6.07, 6.45) is 0.133. The Morgan fingerprint density at radius 1 is 1.26 bits per heavy atom. The van der Waals surface area contributed by atoms with E-state index in [0.717, 1.165) is 26.2 Å². The highest BCUT2D eigenvalue weighted by Crippen LogP contribution is 2.41. The van der Waals surface area contributed by atoms with Gasteiger partial charge in [-0.1, -0.05) is 32.0 Å². The van der Waals surface area contributed by atoms with Gasteiger partial charge in [-0.3, -0.25) is 4.79 Å². The van der Waals surface area contributed by atoms with E-state index in [1.165, 1.54) is 11.3 Å². The Balaban J connectivity index is 2.40. The zero-order chi connectivity index (χ0) is 22.8. The lowest BCUT2D eigenvalue weighted by Gasteiger charge is -2.21. The predicted octanol–water partition coefficient (Wildman–Crippen LogP) is 5.81. The van der Waals surface area contributed by atoms with Gasteiger partial charge in [0.15, 0.2) is 0 Å². The van der Waals surface area contributed by atoms with Crippen molar-refractivity contribution in [2.45, 2.75) is 32.5 Å². The average molecular weight is 504 g/mol. The number of carbonyl (C=O) groups excluding carboxylic acids is 1. The van der Waals surface area contributed by atoms with Crippen LogP contribution in [0.25, 0.3) is 11.1 Å². The van der Waals surface area contributed by atoms with Gasteiger partial charge in [-0.25, -0.2) is 0 Å². The van der Waals surface area contributed by atoms with E-state index in [4.69, 9.17) is 5.26 Å². The van der Waals surface area contributed by atoms with E-state index in [9.17, 15) is 4.79 Å². The number of rotatable bonds is 10. The molecule has 1 amide bonds. The number of benzene rings is 1. The van der Waals surface area contributed by atoms with Crippen molar-refractivity contribution in [2.24, 2.45) is 26.4 Å². The molecule has 0 aliphatic rings. The Kier molecular flexibility index (Phi) is 9.75. The molecule has 1 aromatic heterocycles. The van der Waals surface area contributed by atoms with E-state index in [1.54, 1.807) is 14.1 Å². The first-order valence-corrected chi connectivity index (χ1v) is 11.4. The summed E-state index contributed by atoms with van der Waals surface area (Å²) in [6, 6.07) is 9.36. The van der Waals surface area contributed by atoms with Gasteiger partial charge in [-0.05, 0) is 39.9 Å². The summed E-state index contributed by atoms with van der Waals surface area (Å²) in [5.41, 5.74) is 3.63. The van der Waals surface area contributed by atoms with Crippen LogP contribution < -0.4 is 10.6 Å². The lowest BCUT2D eigenvalue weighted by molar-refractivity contribution is -0.121. The smallest absolute Gasteiger partial charge is 0.243 e. The number of amides is 1. The van der Waals surface area contributed by atoms with Gasteiger partial charge < -0.3 is 10.6 Å². The van der Waals surface area contributed by atoms with E-state index in [-0.39, 0.29) is 12.5 Å². The van der Waals surface area contributed by atoms with Crippen LogP contribution in [0.2, 0.25) is 0 Å². The van der Waals surface area contributed by atoms with Crippen molar-refractivity contribution >= 4 is 38.9 Å². The normalized spacial score (nSPS) is 13.5. The van der Waals surface area contributed by atoms with Crippen LogP contribution in [-0.4, -0.2) is 32.6 Å². The molecule has 0 aliphatic carbocycles. The molecule has 0 saturated carbocycles. The summed E-state index contributed by atoms with van der Waals surface area (Å²) in [6.45, 7) is 4.10. The van der Waals surface area contributed by atoms with Gasteiger partial charge in [-0.15, -0.1) is 11.3 Å². The molecule has 2 N–H and O–H groups in total. The number of nitriles is 1. The molecule has 2 aromatic rings. The van der Waals surface area contributed by atoms with Gasteiger partial charge in [0.05, 0.1) is 15.5 Å². The summed E-state index contributed by atoms with van der Waals surface area (Å²) in [5, 5.41) is 32.9. The van der Waals surface area contributed by atoms with Crippen LogP contribution in [0.15, 0.2) is 53.9 Å². The molecule has 2 rings (SSSR count). The number of hydrogen-bond donors (Lipinski definition) is 2. The van der Waals surface area contributed by atoms with Crippen LogP contribution in [0.4, 0.5) is 5.69 Å². The molecule has 164 valence electrons. The molecule has 0 aliphatic heterocycles. The van der Waals surface area contributed by atoms with Crippen LogP contribution in [0.3, 0.4) is 0 Å². The highest BCUT2D eigenvalue weighted by atomic mass is 79.9. The minimum atomic E-state index is -0.501. The van der Waals surface area contributed by atoms with Crippen LogP contribution in [0, 0.1) is 17.2 Å². The third-order valence-electron chi connectivity index (χ3n) is 4.38. The maximum Gasteiger partial charge on any atom is 0.243 e. The second-order valence-electron chi connectivity index (χ2n) is 7.13. The predicted molar refractivity (Wildman–Crippen MR) is 127 cm³/mol. The fraction of sp³-hybridized carbons (Fsp3) is 0.429. The lowest BCUT2D eigenvalue weighted by atomic mass is 10.0. The second kappa shape index (κ2) is 12.3. The summed E-state index contributed by atoms with van der Waals surface area (Å²) >= 11 is 5.15. The lowest BCUT2D eigenvalue weighted by Crippen LogP contribution is -2.40. The summed E-state index contributed by atoms with van der Waals surface area (Å²) < 4.78 is 0.896. The first kappa shape index (κ1) is 24.6. The number of nitrogens with one attached hydrogen (secondary N) is 2. The molecule has 0 fully saturated rings. The SMILES string of the molecule is CN=NC(N=NC)c1cccc(-c2csc(Br)c2N[C@@H](CC(C)C)C(=O)NCC#N)c1. The number of anilines is 1. The minimum absolute atomic E-state index is 0.0197. The van der Waals surface area contributed by atoms with E-state index in [2.05, 4.69) is 60.9 Å². The fourth-order valence-corrected chi connectivity index (χ4v) is 4.42. The molecular weight excluding hydrogens is 478 g/mol. The zero-order valence-corrected chi connectivity index (χ0v) is 20.4. The molecule has 31 heavy (non-hydrogen) atoms. The molecule has 1 heterocycles. The molecule has 0 spiro atoms. The average Bonchev–Trinajstić information content (AvgIpc) is 3.11. The number of nitrogens with zero attached hydrogens (tertiary/aromatic N) is 5. The Hall–Kier alpha value is -2.64. The number of carbonyl (C=O) groups is 1. The van der Waals surface area contributed by atoms with Crippen molar-refractivity contribution in [1.82, 2.24) is 5.32 Å². The Morgan fingerprint density at radius 3 is 2.58 bits per heavy atom. The monoisotopic (exact) mass is 503 g/mol. The van der Waals surface area contributed by atoms with Crippen molar-refractivity contribution in [3.63, 3.8) is 0 Å². The Morgan fingerprint density at radius 2 is 1.97 bits per heavy atom. The molecule has 0 radical (unpaired) electrons. The van der Waals surface area contributed by atoms with Gasteiger partial charge in [0, 0.05) is 30.6 Å². The van der Waals surface area contributed by atoms with Crippen molar-refractivity contribution in [3.05, 3.63) is 39.0 Å². The molecule has 1 aromatic carbocycles. The number of azo groups is 2. The highest BCUT2D eigenvalue weighted by Gasteiger charge is 2.23. The molecule has 0 bridgehead atoms. The Bertz CT molecular complexity index is 968. The van der Waals surface area contributed by atoms with Gasteiger partial charge in [0.1, 0.15) is 12.6 Å². The molecule has 1 atom stereocenters. The first-order valence-electron chi connectivity index (χ1n) is 9.77. The maximum atomic E-state index is 12.6. The van der Waals surface area contributed by atoms with Gasteiger partial charge in [-0.2, -0.15) is 25.7 Å². The van der Waals surface area contributed by atoms with E-state index < -0.39 is 12.2 Å². The van der Waals surface area contributed by atoms with Crippen molar-refractivity contribution in [2.75, 3.05) is 26.0 Å². The molecular formula is C21H26BrN7OS. The minimum Gasteiger partial charge on any atom is -0.372 e. The van der Waals surface area contributed by atoms with E-state index >= 15 is 0 Å². The zero-order valence-electron chi connectivity index (χ0n) is 18.0. The van der Waals surface area contributed by atoms with Crippen molar-refractivity contribution in [1.29, 1.82) is 5.26 Å².